The van der Waals surface area contributed by atoms with Gasteiger partial charge in [0.25, 0.3) is 0 Å². The van der Waals surface area contributed by atoms with Gasteiger partial charge in [-0.15, -0.1) is 0 Å². The Morgan fingerprint density at radius 3 is 2.44 bits per heavy atom. The van der Waals surface area contributed by atoms with Crippen molar-refractivity contribution in [1.82, 2.24) is 10.2 Å². The zero-order chi connectivity index (χ0) is 19.0. The molecule has 2 aliphatic rings. The fourth-order valence-corrected chi connectivity index (χ4v) is 4.69. The first-order valence-corrected chi connectivity index (χ1v) is 8.77. The van der Waals surface area contributed by atoms with E-state index in [9.17, 15) is 22.8 Å². The summed E-state index contributed by atoms with van der Waals surface area (Å²) in [7, 11) is 1.66. The van der Waals surface area contributed by atoms with E-state index in [1.54, 1.807) is 7.11 Å². The monoisotopic (exact) mass is 364 g/mol. The van der Waals surface area contributed by atoms with E-state index in [2.05, 4.69) is 5.32 Å². The molecular weight excluding hydrogens is 337 g/mol. The van der Waals surface area contributed by atoms with Gasteiger partial charge >= 0.3 is 6.18 Å². The van der Waals surface area contributed by atoms with Crippen LogP contribution in [-0.2, 0) is 14.3 Å². The van der Waals surface area contributed by atoms with Crippen LogP contribution in [0.2, 0.25) is 0 Å². The molecule has 0 aromatic rings. The molecule has 1 aliphatic carbocycles. The summed E-state index contributed by atoms with van der Waals surface area (Å²) in [6, 6.07) is -0.0910. The molecule has 0 spiro atoms. The Kier molecular flexibility index (Phi) is 5.71. The highest BCUT2D eigenvalue weighted by molar-refractivity contribution is 5.89. The van der Waals surface area contributed by atoms with Crippen molar-refractivity contribution in [3.8, 4) is 0 Å². The quantitative estimate of drug-likeness (QED) is 0.787. The summed E-state index contributed by atoms with van der Waals surface area (Å²) in [5.74, 6) is -1.56. The highest BCUT2D eigenvalue weighted by Crippen LogP contribution is 2.52. The average Bonchev–Trinajstić information content (AvgIpc) is 2.88. The number of carbonyl (C=O) groups excluding carboxylic acids is 2. The molecule has 0 bridgehead atoms. The first kappa shape index (κ1) is 20.0. The highest BCUT2D eigenvalue weighted by Gasteiger charge is 2.59. The van der Waals surface area contributed by atoms with Crippen molar-refractivity contribution in [2.75, 3.05) is 20.2 Å². The summed E-state index contributed by atoms with van der Waals surface area (Å²) >= 11 is 0. The van der Waals surface area contributed by atoms with Crippen LogP contribution < -0.4 is 5.32 Å². The molecule has 0 unspecified atom stereocenters. The van der Waals surface area contributed by atoms with Crippen molar-refractivity contribution >= 4 is 11.8 Å². The lowest BCUT2D eigenvalue weighted by molar-refractivity contribution is -0.173. The normalized spacial score (nSPS) is 31.8. The lowest BCUT2D eigenvalue weighted by Crippen LogP contribution is -2.70. The molecule has 8 heteroatoms. The minimum Gasteiger partial charge on any atom is -0.380 e. The van der Waals surface area contributed by atoms with Crippen LogP contribution in [0.15, 0.2) is 0 Å². The minimum absolute atomic E-state index is 0.0414. The predicted molar refractivity (Wildman–Crippen MR) is 85.6 cm³/mol. The van der Waals surface area contributed by atoms with Gasteiger partial charge < -0.3 is 15.0 Å². The van der Waals surface area contributed by atoms with Crippen molar-refractivity contribution < 1.29 is 27.5 Å². The summed E-state index contributed by atoms with van der Waals surface area (Å²) in [5, 5.41) is 2.99. The second-order valence-electron chi connectivity index (χ2n) is 7.23. The predicted octanol–water partition coefficient (Wildman–Crippen LogP) is 2.35. The van der Waals surface area contributed by atoms with Crippen LogP contribution >= 0.6 is 0 Å². The van der Waals surface area contributed by atoms with Crippen LogP contribution in [0.25, 0.3) is 0 Å². The number of nitrogens with one attached hydrogen (secondary N) is 1. The third-order valence-electron chi connectivity index (χ3n) is 6.01. The minimum atomic E-state index is -4.45. The molecule has 2 rings (SSSR count). The summed E-state index contributed by atoms with van der Waals surface area (Å²) in [6.07, 6.45) is -2.90. The largest absolute Gasteiger partial charge is 0.406 e. The third-order valence-corrected chi connectivity index (χ3v) is 6.01. The van der Waals surface area contributed by atoms with Gasteiger partial charge in [-0.25, -0.2) is 0 Å². The summed E-state index contributed by atoms with van der Waals surface area (Å²) in [6.45, 7) is 4.62. The fourth-order valence-electron chi connectivity index (χ4n) is 4.69. The standard InChI is InChI=1S/C17H27F3N2O3/c1-5-16(6-2)13(10(3)14(16)25-4)21-15(24)11-7-12(23)22(8-11)9-17(18,19)20/h10-11,13-14H,5-9H2,1-4H3,(H,21,24)/t10-,11+,13+,14+/m0/s1. The first-order valence-electron chi connectivity index (χ1n) is 8.77. The van der Waals surface area contributed by atoms with E-state index in [0.717, 1.165) is 17.7 Å². The Labute approximate surface area is 146 Å². The van der Waals surface area contributed by atoms with Crippen LogP contribution in [0.5, 0.6) is 0 Å². The summed E-state index contributed by atoms with van der Waals surface area (Å²) < 4.78 is 43.1. The second kappa shape index (κ2) is 7.13. The van der Waals surface area contributed by atoms with Crippen LogP contribution in [-0.4, -0.2) is 55.2 Å². The van der Waals surface area contributed by atoms with Crippen molar-refractivity contribution in [2.45, 2.75) is 58.4 Å². The molecule has 1 saturated heterocycles. The Hall–Kier alpha value is -1.31. The molecule has 1 N–H and O–H groups in total. The maximum atomic E-state index is 12.6. The molecule has 144 valence electrons. The van der Waals surface area contributed by atoms with E-state index in [0.29, 0.717) is 0 Å². The number of alkyl halides is 3. The molecule has 2 fully saturated rings. The molecule has 2 amide bonds. The van der Waals surface area contributed by atoms with E-state index < -0.39 is 24.5 Å². The van der Waals surface area contributed by atoms with Crippen molar-refractivity contribution in [1.29, 1.82) is 0 Å². The number of ether oxygens (including phenoxy) is 1. The fraction of sp³-hybridized carbons (Fsp3) is 0.882. The number of hydrogen-bond acceptors (Lipinski definition) is 3. The number of likely N-dealkylation sites (tertiary alicyclic amines) is 1. The number of methoxy groups -OCH3 is 1. The zero-order valence-corrected chi connectivity index (χ0v) is 15.2. The number of carbonyl (C=O) groups is 2. The zero-order valence-electron chi connectivity index (χ0n) is 15.2. The number of halogens is 3. The number of hydrogen-bond donors (Lipinski definition) is 1. The Bertz CT molecular complexity index is 520. The number of nitrogens with zero attached hydrogens (tertiary/aromatic N) is 1. The Balaban J connectivity index is 2.02. The van der Waals surface area contributed by atoms with E-state index in [1.165, 1.54) is 0 Å². The molecule has 0 radical (unpaired) electrons. The van der Waals surface area contributed by atoms with E-state index in [1.807, 2.05) is 20.8 Å². The topological polar surface area (TPSA) is 58.6 Å². The molecule has 4 atom stereocenters. The average molecular weight is 364 g/mol. The Morgan fingerprint density at radius 1 is 1.36 bits per heavy atom. The number of amides is 2. The van der Waals surface area contributed by atoms with Crippen LogP contribution in [0.1, 0.15) is 40.0 Å². The van der Waals surface area contributed by atoms with Crippen molar-refractivity contribution in [2.24, 2.45) is 17.3 Å². The van der Waals surface area contributed by atoms with E-state index >= 15 is 0 Å². The van der Waals surface area contributed by atoms with Gasteiger partial charge in [-0.3, -0.25) is 9.59 Å². The first-order chi connectivity index (χ1) is 11.6. The highest BCUT2D eigenvalue weighted by atomic mass is 19.4. The molecule has 1 aliphatic heterocycles. The lowest BCUT2D eigenvalue weighted by Gasteiger charge is -2.59. The van der Waals surface area contributed by atoms with E-state index in [4.69, 9.17) is 4.74 Å². The third kappa shape index (κ3) is 3.64. The van der Waals surface area contributed by atoms with Gasteiger partial charge in [0.05, 0.1) is 12.0 Å². The van der Waals surface area contributed by atoms with E-state index in [-0.39, 0.29) is 42.4 Å². The lowest BCUT2D eigenvalue weighted by atomic mass is 9.53. The maximum absolute atomic E-state index is 12.6. The molecule has 1 heterocycles. The smallest absolute Gasteiger partial charge is 0.380 e. The van der Waals surface area contributed by atoms with Gasteiger partial charge in [0.15, 0.2) is 0 Å². The SMILES string of the molecule is CCC1(CC)[C@H](NC(=O)[C@@H]2CC(=O)N(CC(F)(F)F)C2)[C@H](C)[C@H]1OC. The van der Waals surface area contributed by atoms with Gasteiger partial charge in [-0.1, -0.05) is 20.8 Å². The molecule has 25 heavy (non-hydrogen) atoms. The summed E-state index contributed by atoms with van der Waals surface area (Å²) in [4.78, 5) is 25.0. The van der Waals surface area contributed by atoms with Gasteiger partial charge in [0, 0.05) is 37.5 Å². The van der Waals surface area contributed by atoms with Crippen molar-refractivity contribution in [3.05, 3.63) is 0 Å². The molecule has 1 saturated carbocycles. The summed E-state index contributed by atoms with van der Waals surface area (Å²) in [5.41, 5.74) is -0.169. The van der Waals surface area contributed by atoms with Gasteiger partial charge in [0.2, 0.25) is 11.8 Å². The molecule has 0 aromatic heterocycles. The van der Waals surface area contributed by atoms with Crippen molar-refractivity contribution in [3.63, 3.8) is 0 Å². The Morgan fingerprint density at radius 2 is 1.96 bits per heavy atom. The van der Waals surface area contributed by atoms with Crippen LogP contribution in [0, 0.1) is 17.3 Å². The van der Waals surface area contributed by atoms with Crippen LogP contribution in [0.4, 0.5) is 13.2 Å². The van der Waals surface area contributed by atoms with Crippen LogP contribution in [0.3, 0.4) is 0 Å². The number of rotatable bonds is 6. The van der Waals surface area contributed by atoms with Gasteiger partial charge in [0.1, 0.15) is 6.54 Å². The maximum Gasteiger partial charge on any atom is 0.406 e. The second-order valence-corrected chi connectivity index (χ2v) is 7.23. The van der Waals surface area contributed by atoms with Gasteiger partial charge in [-0.2, -0.15) is 13.2 Å². The molecule has 5 nitrogen and oxygen atoms in total. The molecular formula is C17H27F3N2O3. The van der Waals surface area contributed by atoms with Gasteiger partial charge in [-0.05, 0) is 12.8 Å². The molecule has 0 aromatic carbocycles.